The van der Waals surface area contributed by atoms with E-state index < -0.39 is 5.97 Å². The van der Waals surface area contributed by atoms with Crippen LogP contribution >= 0.6 is 0 Å². The van der Waals surface area contributed by atoms with Gasteiger partial charge in [-0.2, -0.15) is 0 Å². The Morgan fingerprint density at radius 3 is 2.11 bits per heavy atom. The van der Waals surface area contributed by atoms with E-state index in [4.69, 9.17) is 9.84 Å². The Labute approximate surface area is 54.6 Å². The Morgan fingerprint density at radius 1 is 1.56 bits per heavy atom. The molecule has 0 amide bonds. The maximum absolute atomic E-state index is 10.1. The highest BCUT2D eigenvalue weighted by molar-refractivity contribution is 5.79. The van der Waals surface area contributed by atoms with Crippen LogP contribution in [0.3, 0.4) is 0 Å². The molecule has 0 bridgehead atoms. The van der Waals surface area contributed by atoms with Gasteiger partial charge >= 0.3 is 5.97 Å². The molecular formula is C6H11O3. The number of carboxylic acid groups (broad SMARTS) is 1. The number of hydrogen-bond acceptors (Lipinski definition) is 2. The topological polar surface area (TPSA) is 46.5 Å². The summed E-state index contributed by atoms with van der Waals surface area (Å²) in [5.74, 6) is -0.997. The summed E-state index contributed by atoms with van der Waals surface area (Å²) in [5.41, 5.74) is 0. The first-order valence-corrected chi connectivity index (χ1v) is 2.77. The largest absolute Gasteiger partial charge is 0.479 e. The van der Waals surface area contributed by atoms with E-state index in [1.54, 1.807) is 13.8 Å². The van der Waals surface area contributed by atoms with Crippen molar-refractivity contribution in [2.75, 3.05) is 0 Å². The molecule has 0 saturated carbocycles. The third kappa shape index (κ3) is 3.97. The van der Waals surface area contributed by atoms with Crippen molar-refractivity contribution in [3.8, 4) is 0 Å². The van der Waals surface area contributed by atoms with Gasteiger partial charge in [0.15, 0.2) is 0 Å². The van der Waals surface area contributed by atoms with E-state index in [1.807, 2.05) is 0 Å². The van der Waals surface area contributed by atoms with Crippen molar-refractivity contribution in [3.05, 3.63) is 6.10 Å². The molecule has 0 saturated heterocycles. The summed E-state index contributed by atoms with van der Waals surface area (Å²) in [5, 5.41) is 8.27. The summed E-state index contributed by atoms with van der Waals surface area (Å²) in [6.45, 7) is 5.00. The van der Waals surface area contributed by atoms with Crippen LogP contribution in [-0.2, 0) is 9.53 Å². The molecule has 1 radical (unpaired) electrons. The maximum Gasteiger partial charge on any atom is 0.339 e. The highest BCUT2D eigenvalue weighted by atomic mass is 16.5. The molecule has 0 unspecified atom stereocenters. The number of ether oxygens (including phenoxy) is 1. The molecule has 0 aromatic carbocycles. The molecular weight excluding hydrogens is 120 g/mol. The van der Waals surface area contributed by atoms with Crippen LogP contribution in [0.15, 0.2) is 0 Å². The fraction of sp³-hybridized carbons (Fsp3) is 0.667. The van der Waals surface area contributed by atoms with Crippen LogP contribution in [0, 0.1) is 6.10 Å². The van der Waals surface area contributed by atoms with E-state index in [-0.39, 0.29) is 12.2 Å². The molecule has 0 fully saturated rings. The maximum atomic E-state index is 10.1. The van der Waals surface area contributed by atoms with E-state index in [9.17, 15) is 4.79 Å². The van der Waals surface area contributed by atoms with E-state index in [0.717, 1.165) is 0 Å². The molecule has 0 aliphatic heterocycles. The predicted octanol–water partition coefficient (Wildman–Crippen LogP) is 1.05. The highest BCUT2D eigenvalue weighted by Crippen LogP contribution is 2.03. The summed E-state index contributed by atoms with van der Waals surface area (Å²) in [4.78, 5) is 10.1. The SMILES string of the molecule is C[C](OC(C)C)C(=O)O. The number of rotatable bonds is 3. The van der Waals surface area contributed by atoms with Gasteiger partial charge in [0, 0.05) is 0 Å². The second-order valence-corrected chi connectivity index (χ2v) is 2.03. The summed E-state index contributed by atoms with van der Waals surface area (Å²) >= 11 is 0. The minimum Gasteiger partial charge on any atom is -0.479 e. The van der Waals surface area contributed by atoms with E-state index in [0.29, 0.717) is 0 Å². The van der Waals surface area contributed by atoms with Gasteiger partial charge in [0.1, 0.15) is 0 Å². The smallest absolute Gasteiger partial charge is 0.339 e. The van der Waals surface area contributed by atoms with Gasteiger partial charge in [-0.1, -0.05) is 0 Å². The first-order valence-electron chi connectivity index (χ1n) is 2.77. The zero-order valence-electron chi connectivity index (χ0n) is 5.84. The Hall–Kier alpha value is -0.570. The van der Waals surface area contributed by atoms with Crippen LogP contribution in [0.5, 0.6) is 0 Å². The van der Waals surface area contributed by atoms with Crippen LogP contribution in [0.25, 0.3) is 0 Å². The second-order valence-electron chi connectivity index (χ2n) is 2.03. The van der Waals surface area contributed by atoms with Crippen molar-refractivity contribution in [1.82, 2.24) is 0 Å². The lowest BCUT2D eigenvalue weighted by Crippen LogP contribution is -2.15. The number of carbonyl (C=O) groups is 1. The van der Waals surface area contributed by atoms with Crippen LogP contribution in [0.1, 0.15) is 20.8 Å². The normalized spacial score (nSPS) is 10.8. The van der Waals surface area contributed by atoms with Gasteiger partial charge in [-0.05, 0) is 20.8 Å². The van der Waals surface area contributed by atoms with Crippen LogP contribution in [-0.4, -0.2) is 17.2 Å². The van der Waals surface area contributed by atoms with Gasteiger partial charge in [0.2, 0.25) is 6.10 Å². The van der Waals surface area contributed by atoms with Crippen molar-refractivity contribution in [1.29, 1.82) is 0 Å². The second kappa shape index (κ2) is 3.45. The van der Waals surface area contributed by atoms with Crippen molar-refractivity contribution in [3.63, 3.8) is 0 Å². The first-order chi connectivity index (χ1) is 4.04. The Morgan fingerprint density at radius 2 is 2.00 bits per heavy atom. The van der Waals surface area contributed by atoms with Crippen LogP contribution in [0.4, 0.5) is 0 Å². The molecule has 1 N–H and O–H groups in total. The third-order valence-electron chi connectivity index (χ3n) is 0.714. The molecule has 3 nitrogen and oxygen atoms in total. The monoisotopic (exact) mass is 131 g/mol. The minimum atomic E-state index is -0.997. The highest BCUT2D eigenvalue weighted by Gasteiger charge is 2.13. The molecule has 0 atom stereocenters. The van der Waals surface area contributed by atoms with Gasteiger partial charge < -0.3 is 9.84 Å². The van der Waals surface area contributed by atoms with Crippen molar-refractivity contribution in [2.45, 2.75) is 26.9 Å². The number of aliphatic carboxylic acids is 1. The predicted molar refractivity (Wildman–Crippen MR) is 32.8 cm³/mol. The molecule has 0 rings (SSSR count). The zero-order valence-corrected chi connectivity index (χ0v) is 5.84. The van der Waals surface area contributed by atoms with E-state index in [1.165, 1.54) is 6.92 Å². The molecule has 0 aliphatic rings. The Bertz CT molecular complexity index is 98.5. The van der Waals surface area contributed by atoms with E-state index >= 15 is 0 Å². The lowest BCUT2D eigenvalue weighted by molar-refractivity contribution is -0.142. The minimum absolute atomic E-state index is 0.0463. The van der Waals surface area contributed by atoms with Crippen LogP contribution < -0.4 is 0 Å². The summed E-state index contributed by atoms with van der Waals surface area (Å²) in [6, 6.07) is 0. The molecule has 0 heterocycles. The van der Waals surface area contributed by atoms with Gasteiger partial charge in [0.25, 0.3) is 0 Å². The summed E-state index contributed by atoms with van der Waals surface area (Å²) in [7, 11) is 0. The Kier molecular flexibility index (Phi) is 3.24. The standard InChI is InChI=1S/C6H11O3/c1-4(2)9-5(3)6(7)8/h4H,1-3H3,(H,7,8). The fourth-order valence-electron chi connectivity index (χ4n) is 0.404. The quantitative estimate of drug-likeness (QED) is 0.622. The summed E-state index contributed by atoms with van der Waals surface area (Å²) in [6.07, 6.45) is -0.00824. The fourth-order valence-corrected chi connectivity index (χ4v) is 0.404. The average molecular weight is 131 g/mol. The average Bonchev–Trinajstić information content (AvgIpc) is 1.63. The van der Waals surface area contributed by atoms with Crippen LogP contribution in [0.2, 0.25) is 0 Å². The third-order valence-corrected chi connectivity index (χ3v) is 0.714. The number of hydrogen-bond donors (Lipinski definition) is 1. The van der Waals surface area contributed by atoms with Gasteiger partial charge in [-0.25, -0.2) is 4.79 Å². The zero-order chi connectivity index (χ0) is 7.44. The van der Waals surface area contributed by atoms with Gasteiger partial charge in [0.05, 0.1) is 6.10 Å². The lowest BCUT2D eigenvalue weighted by atomic mass is 10.4. The van der Waals surface area contributed by atoms with Crippen molar-refractivity contribution >= 4 is 5.97 Å². The molecule has 0 spiro atoms. The molecule has 0 aromatic heterocycles. The molecule has 0 aliphatic carbocycles. The number of carboxylic acids is 1. The molecule has 0 aromatic rings. The van der Waals surface area contributed by atoms with Gasteiger partial charge in [-0.3, -0.25) is 0 Å². The molecule has 9 heavy (non-hydrogen) atoms. The van der Waals surface area contributed by atoms with Gasteiger partial charge in [-0.15, -0.1) is 0 Å². The first kappa shape index (κ1) is 8.43. The van der Waals surface area contributed by atoms with Crippen molar-refractivity contribution < 1.29 is 14.6 Å². The van der Waals surface area contributed by atoms with Crippen molar-refractivity contribution in [2.24, 2.45) is 0 Å². The molecule has 3 heteroatoms. The Balaban J connectivity index is 3.50. The lowest BCUT2D eigenvalue weighted by Gasteiger charge is -2.09. The molecule has 53 valence electrons. The van der Waals surface area contributed by atoms with E-state index in [2.05, 4.69) is 0 Å². The summed E-state index contributed by atoms with van der Waals surface area (Å²) < 4.78 is 4.83.